The van der Waals surface area contributed by atoms with Crippen LogP contribution in [0.3, 0.4) is 0 Å². The zero-order chi connectivity index (χ0) is 25.3. The highest BCUT2D eigenvalue weighted by atomic mass is 32.5. The van der Waals surface area contributed by atoms with Gasteiger partial charge in [-0.1, -0.05) is 19.4 Å². The average molecular weight is 533 g/mol. The molecule has 0 aromatic heterocycles. The fourth-order valence-electron chi connectivity index (χ4n) is 2.64. The number of esters is 1. The van der Waals surface area contributed by atoms with Gasteiger partial charge in [0.2, 0.25) is 6.10 Å². The lowest BCUT2D eigenvalue weighted by atomic mass is 9.99. The molecule has 0 spiro atoms. The molecule has 188 valence electrons. The highest BCUT2D eigenvalue weighted by Crippen LogP contribution is 3.02. The molecule has 0 aliphatic carbocycles. The number of benzene rings is 1. The first-order valence-corrected chi connectivity index (χ1v) is 11.8. The van der Waals surface area contributed by atoms with Crippen molar-refractivity contribution in [2.75, 3.05) is 24.7 Å². The lowest BCUT2D eigenvalue weighted by molar-refractivity contribution is -0.756. The fraction of sp³-hybridized carbons (Fsp3) is 0.438. The zero-order valence-corrected chi connectivity index (χ0v) is 18.0. The van der Waals surface area contributed by atoms with E-state index in [1.54, 1.807) is 0 Å². The number of hydrogen-bond donors (Lipinski definition) is 0. The van der Waals surface area contributed by atoms with E-state index in [-0.39, 0.29) is 30.2 Å². The minimum atomic E-state index is -10.2. The molecule has 0 amide bonds. The molecule has 1 aliphatic rings. The number of nitrogens with zero attached hydrogens (tertiary/aromatic N) is 1. The summed E-state index contributed by atoms with van der Waals surface area (Å²) in [5.74, 6) is -2.22. The number of ether oxygens (including phenoxy) is 2. The third-order valence-corrected chi connectivity index (χ3v) is 6.01. The minimum absolute atomic E-state index is 0.00168. The molecule has 1 atom stereocenters. The van der Waals surface area contributed by atoms with Crippen LogP contribution in [0.2, 0.25) is 0 Å². The van der Waals surface area contributed by atoms with E-state index in [4.69, 9.17) is 4.74 Å². The van der Waals surface area contributed by atoms with Crippen LogP contribution in [0.1, 0.15) is 11.1 Å². The molecule has 0 fully saturated rings. The molecule has 0 saturated heterocycles. The molecule has 17 heteroatoms. The molecular weight excluding hydrogens is 518 g/mol. The van der Waals surface area contributed by atoms with Gasteiger partial charge in [0.05, 0.1) is 5.57 Å². The average Bonchev–Trinajstić information content (AvgIpc) is 2.63. The van der Waals surface area contributed by atoms with Gasteiger partial charge < -0.3 is 14.3 Å². The van der Waals surface area contributed by atoms with E-state index in [2.05, 4.69) is 9.57 Å². The van der Waals surface area contributed by atoms with E-state index >= 15 is 0 Å². The summed E-state index contributed by atoms with van der Waals surface area (Å²) in [6.45, 7) is 0.114. The van der Waals surface area contributed by atoms with Crippen molar-refractivity contribution >= 4 is 34.0 Å². The predicted octanol–water partition coefficient (Wildman–Crippen LogP) is 5.84. The number of fused-ring (bicyclic) bond motifs is 1. The topological polar surface area (TPSA) is 87.9 Å². The normalized spacial score (nSPS) is 18.2. The summed E-state index contributed by atoms with van der Waals surface area (Å²) in [4.78, 5) is 23.8. The summed E-state index contributed by atoms with van der Waals surface area (Å²) in [5, 5.41) is 8.94. The fourth-order valence-corrected chi connectivity index (χ4v) is 3.99. The predicted molar refractivity (Wildman–Crippen MR) is 102 cm³/mol. The van der Waals surface area contributed by atoms with Gasteiger partial charge in [0.1, 0.15) is 23.9 Å². The molecular formula is C16H15F8NO6S2. The van der Waals surface area contributed by atoms with Gasteiger partial charge in [-0.25, -0.2) is 4.79 Å². The maximum atomic E-state index is 13.4. The Bertz CT molecular complexity index is 981. The summed E-state index contributed by atoms with van der Waals surface area (Å²) in [6.07, 6.45) is -7.71. The Morgan fingerprint density at radius 2 is 1.79 bits per heavy atom. The van der Waals surface area contributed by atoms with Gasteiger partial charge in [-0.2, -0.15) is 24.9 Å². The molecule has 7 nitrogen and oxygen atoms in total. The van der Waals surface area contributed by atoms with Crippen molar-refractivity contribution in [1.29, 1.82) is 0 Å². The van der Waals surface area contributed by atoms with Crippen LogP contribution in [0.4, 0.5) is 32.6 Å². The zero-order valence-electron chi connectivity index (χ0n) is 16.4. The van der Waals surface area contributed by atoms with Crippen molar-refractivity contribution < 1.29 is 56.8 Å². The van der Waals surface area contributed by atoms with E-state index < -0.39 is 67.5 Å². The van der Waals surface area contributed by atoms with Crippen LogP contribution < -0.4 is 4.74 Å². The molecule has 1 unspecified atom stereocenters. The third kappa shape index (κ3) is 7.28. The first-order chi connectivity index (χ1) is 14.8. The molecule has 0 bridgehead atoms. The second-order valence-corrected chi connectivity index (χ2v) is 10.2. The van der Waals surface area contributed by atoms with Crippen LogP contribution in [0.15, 0.2) is 22.6 Å². The summed E-state index contributed by atoms with van der Waals surface area (Å²) in [5.41, 5.74) is -2.66. The van der Waals surface area contributed by atoms with Crippen molar-refractivity contribution in [2.24, 2.45) is 0 Å². The van der Waals surface area contributed by atoms with Gasteiger partial charge in [-0.05, 0) is 30.7 Å². The Labute approximate surface area is 184 Å². The number of hydrogen-bond acceptors (Lipinski definition) is 7. The Morgan fingerprint density at radius 1 is 1.18 bits per heavy atom. The summed E-state index contributed by atoms with van der Waals surface area (Å²) >= 11 is 1.00. The van der Waals surface area contributed by atoms with Crippen molar-refractivity contribution in [3.05, 3.63) is 38.9 Å². The standard InChI is InChI=1S/C16H15F8NO6S2/c1-9-6-11(33(20,21,22,23)24)7-10-8-12(14(16(17,18)19)31-13(9)10)15(26)29-2-4-32-5-3-30-25(27)28/h6-8,14H,2-5H2,1H3. The van der Waals surface area contributed by atoms with Crippen molar-refractivity contribution in [3.8, 4) is 5.75 Å². The number of rotatable bonds is 9. The third-order valence-electron chi connectivity index (χ3n) is 3.97. The van der Waals surface area contributed by atoms with Crippen LogP contribution in [0, 0.1) is 17.0 Å². The highest BCUT2D eigenvalue weighted by molar-refractivity contribution is 8.45. The molecule has 2 rings (SSSR count). The van der Waals surface area contributed by atoms with E-state index in [0.717, 1.165) is 18.7 Å². The SMILES string of the molecule is Cc1cc(S(F)(F)(F)(F)F)cc2c1OC(C(F)(F)F)C(C(=O)OCCSCCO[N+](=O)[O-])=C2. The first-order valence-electron chi connectivity index (χ1n) is 8.65. The molecule has 1 aromatic rings. The number of carbonyl (C=O) groups excluding carboxylic acids is 1. The first kappa shape index (κ1) is 26.8. The van der Waals surface area contributed by atoms with E-state index in [0.29, 0.717) is 6.08 Å². The largest absolute Gasteiger partial charge is 0.475 e. The minimum Gasteiger partial charge on any atom is -0.475 e. The van der Waals surface area contributed by atoms with Gasteiger partial charge >= 0.3 is 22.4 Å². The molecule has 0 N–H and O–H groups in total. The van der Waals surface area contributed by atoms with Crippen molar-refractivity contribution in [1.82, 2.24) is 0 Å². The number of carbonyl (C=O) groups is 1. The maximum absolute atomic E-state index is 13.4. The monoisotopic (exact) mass is 533 g/mol. The Kier molecular flexibility index (Phi) is 6.84. The Hall–Kier alpha value is -2.43. The van der Waals surface area contributed by atoms with Crippen LogP contribution in [-0.4, -0.2) is 48.1 Å². The second-order valence-electron chi connectivity index (χ2n) is 6.57. The summed E-state index contributed by atoms with van der Waals surface area (Å²) in [6, 6.07) is -0.111. The quantitative estimate of drug-likeness (QED) is 0.130. The molecule has 1 aromatic carbocycles. The Balaban J connectivity index is 2.27. The van der Waals surface area contributed by atoms with E-state index in [1.807, 2.05) is 0 Å². The molecule has 1 heterocycles. The number of aryl methyl sites for hydroxylation is 1. The Morgan fingerprint density at radius 3 is 2.33 bits per heavy atom. The highest BCUT2D eigenvalue weighted by Gasteiger charge is 2.65. The van der Waals surface area contributed by atoms with Crippen molar-refractivity contribution in [2.45, 2.75) is 24.1 Å². The lowest BCUT2D eigenvalue weighted by Gasteiger charge is -2.41. The molecule has 0 radical (unpaired) electrons. The number of alkyl halides is 3. The van der Waals surface area contributed by atoms with Crippen LogP contribution in [0.5, 0.6) is 5.75 Å². The second kappa shape index (κ2) is 8.41. The van der Waals surface area contributed by atoms with E-state index in [9.17, 15) is 47.5 Å². The van der Waals surface area contributed by atoms with Gasteiger partial charge in [-0.3, -0.25) is 0 Å². The maximum Gasteiger partial charge on any atom is 0.430 e. The molecule has 1 aliphatic heterocycles. The summed E-state index contributed by atoms with van der Waals surface area (Å²) in [7, 11) is -10.2. The van der Waals surface area contributed by atoms with Crippen LogP contribution in [-0.2, 0) is 14.4 Å². The lowest BCUT2D eigenvalue weighted by Crippen LogP contribution is -2.41. The number of halogens is 8. The van der Waals surface area contributed by atoms with Crippen LogP contribution in [0.25, 0.3) is 6.08 Å². The van der Waals surface area contributed by atoms with Gasteiger partial charge in [-0.15, -0.1) is 10.1 Å². The summed E-state index contributed by atoms with van der Waals surface area (Å²) < 4.78 is 116. The number of thioether (sulfide) groups is 1. The van der Waals surface area contributed by atoms with Gasteiger partial charge in [0.25, 0.3) is 5.09 Å². The molecule has 33 heavy (non-hydrogen) atoms. The van der Waals surface area contributed by atoms with Gasteiger partial charge in [0, 0.05) is 17.1 Å². The smallest absolute Gasteiger partial charge is 0.430 e. The van der Waals surface area contributed by atoms with Gasteiger partial charge in [0.15, 0.2) is 0 Å². The van der Waals surface area contributed by atoms with E-state index in [1.165, 1.54) is 0 Å². The molecule has 0 saturated carbocycles. The van der Waals surface area contributed by atoms with Crippen LogP contribution >= 0.6 is 22.0 Å². The van der Waals surface area contributed by atoms with Crippen molar-refractivity contribution in [3.63, 3.8) is 0 Å².